The van der Waals surface area contributed by atoms with Crippen LogP contribution >= 0.6 is 11.3 Å². The molecule has 4 aromatic rings. The molecule has 0 saturated heterocycles. The zero-order valence-corrected chi connectivity index (χ0v) is 16.1. The first kappa shape index (κ1) is 17.4. The third kappa shape index (κ3) is 3.90. The molecule has 4 rings (SSSR count). The number of hydrogen-bond donors (Lipinski definition) is 1. The van der Waals surface area contributed by atoms with Crippen molar-refractivity contribution in [1.29, 1.82) is 0 Å². The first-order valence-electron chi connectivity index (χ1n) is 8.89. The number of nitrogens with zero attached hydrogens (tertiary/aromatic N) is 3. The summed E-state index contributed by atoms with van der Waals surface area (Å²) in [7, 11) is 0. The normalized spacial score (nSPS) is 11.0. The molecule has 1 N–H and O–H groups in total. The van der Waals surface area contributed by atoms with Gasteiger partial charge >= 0.3 is 0 Å². The molecule has 0 unspecified atom stereocenters. The number of thiazole rings is 1. The number of pyridine rings is 1. The summed E-state index contributed by atoms with van der Waals surface area (Å²) in [6.07, 6.45) is 5.08. The average Bonchev–Trinajstić information content (AvgIpc) is 3.27. The fourth-order valence-corrected chi connectivity index (χ4v) is 3.66. The van der Waals surface area contributed by atoms with E-state index in [0.717, 1.165) is 34.6 Å². The van der Waals surface area contributed by atoms with Crippen molar-refractivity contribution in [2.45, 2.75) is 26.7 Å². The first-order chi connectivity index (χ1) is 13.1. The summed E-state index contributed by atoms with van der Waals surface area (Å²) in [6, 6.07) is 12.4. The Morgan fingerprint density at radius 2 is 2.00 bits per heavy atom. The zero-order chi connectivity index (χ0) is 18.8. The Balaban J connectivity index is 1.43. The number of nitrogens with one attached hydrogen (secondary N) is 1. The third-order valence-electron chi connectivity index (χ3n) is 4.42. The molecule has 136 valence electrons. The van der Waals surface area contributed by atoms with Gasteiger partial charge in [0.25, 0.3) is 0 Å². The van der Waals surface area contributed by atoms with E-state index in [9.17, 15) is 4.79 Å². The molecule has 1 aromatic carbocycles. The van der Waals surface area contributed by atoms with Gasteiger partial charge in [-0.25, -0.2) is 9.97 Å². The molecular weight excluding hydrogens is 356 g/mol. The summed E-state index contributed by atoms with van der Waals surface area (Å²) in [4.78, 5) is 21.4. The van der Waals surface area contributed by atoms with E-state index in [2.05, 4.69) is 46.5 Å². The van der Waals surface area contributed by atoms with E-state index in [4.69, 9.17) is 0 Å². The fourth-order valence-electron chi connectivity index (χ4n) is 2.92. The minimum Gasteiger partial charge on any atom is -0.307 e. The number of amides is 1. The molecule has 0 aliphatic carbocycles. The summed E-state index contributed by atoms with van der Waals surface area (Å²) >= 11 is 1.43. The number of fused-ring (bicyclic) bond motifs is 1. The summed E-state index contributed by atoms with van der Waals surface area (Å²) in [5.41, 5.74) is 5.97. The summed E-state index contributed by atoms with van der Waals surface area (Å²) in [5, 5.41) is 5.45. The number of aromatic nitrogens is 3. The number of carbonyl (C=O) groups excluding carboxylic acids is 1. The van der Waals surface area contributed by atoms with Gasteiger partial charge < -0.3 is 9.72 Å². The van der Waals surface area contributed by atoms with Crippen LogP contribution in [-0.2, 0) is 17.6 Å². The van der Waals surface area contributed by atoms with E-state index in [-0.39, 0.29) is 12.3 Å². The lowest BCUT2D eigenvalue weighted by Crippen LogP contribution is -2.14. The predicted molar refractivity (Wildman–Crippen MR) is 109 cm³/mol. The Labute approximate surface area is 161 Å². The van der Waals surface area contributed by atoms with E-state index in [1.807, 2.05) is 41.2 Å². The Morgan fingerprint density at radius 1 is 1.19 bits per heavy atom. The van der Waals surface area contributed by atoms with E-state index in [0.29, 0.717) is 5.13 Å². The van der Waals surface area contributed by atoms with Crippen LogP contribution in [0.1, 0.15) is 23.7 Å². The molecule has 6 heteroatoms. The summed E-state index contributed by atoms with van der Waals surface area (Å²) in [6.45, 7) is 4.16. The maximum Gasteiger partial charge on any atom is 0.232 e. The second-order valence-electron chi connectivity index (χ2n) is 6.52. The van der Waals surface area contributed by atoms with Crippen LogP contribution in [0.4, 0.5) is 5.13 Å². The second kappa shape index (κ2) is 7.32. The van der Waals surface area contributed by atoms with Crippen molar-refractivity contribution in [3.63, 3.8) is 0 Å². The number of rotatable bonds is 5. The minimum atomic E-state index is -0.114. The van der Waals surface area contributed by atoms with Crippen molar-refractivity contribution in [2.75, 3.05) is 5.32 Å². The van der Waals surface area contributed by atoms with Gasteiger partial charge in [0, 0.05) is 23.3 Å². The van der Waals surface area contributed by atoms with E-state index < -0.39 is 0 Å². The molecule has 0 aliphatic heterocycles. The van der Waals surface area contributed by atoms with Crippen LogP contribution in [-0.4, -0.2) is 20.3 Å². The van der Waals surface area contributed by atoms with E-state index >= 15 is 0 Å². The Bertz CT molecular complexity index is 1100. The number of carbonyl (C=O) groups is 1. The zero-order valence-electron chi connectivity index (χ0n) is 15.3. The lowest BCUT2D eigenvalue weighted by atomic mass is 10.1. The Hall–Kier alpha value is -2.99. The van der Waals surface area contributed by atoms with Gasteiger partial charge in [-0.05, 0) is 36.6 Å². The van der Waals surface area contributed by atoms with Crippen molar-refractivity contribution >= 4 is 28.0 Å². The van der Waals surface area contributed by atoms with Crippen LogP contribution in [0.5, 0.6) is 0 Å². The van der Waals surface area contributed by atoms with Gasteiger partial charge in [0.1, 0.15) is 5.65 Å². The SMILES string of the molecule is CCc1ccc(-c2csc(NC(=O)Cc3cn4ccc(C)cc4n3)n2)cc1. The smallest absolute Gasteiger partial charge is 0.232 e. The van der Waals surface area contributed by atoms with Gasteiger partial charge in [-0.1, -0.05) is 31.2 Å². The minimum absolute atomic E-state index is 0.114. The molecule has 0 bridgehead atoms. The molecular formula is C21H20N4OS. The fraction of sp³-hybridized carbons (Fsp3) is 0.190. The Morgan fingerprint density at radius 3 is 2.78 bits per heavy atom. The van der Waals surface area contributed by atoms with Crippen LogP contribution in [0.2, 0.25) is 0 Å². The molecule has 3 aromatic heterocycles. The number of hydrogen-bond acceptors (Lipinski definition) is 4. The Kier molecular flexibility index (Phi) is 4.73. The topological polar surface area (TPSA) is 59.3 Å². The van der Waals surface area contributed by atoms with Crippen LogP contribution < -0.4 is 5.32 Å². The molecule has 27 heavy (non-hydrogen) atoms. The monoisotopic (exact) mass is 376 g/mol. The first-order valence-corrected chi connectivity index (χ1v) is 9.77. The second-order valence-corrected chi connectivity index (χ2v) is 7.37. The molecule has 5 nitrogen and oxygen atoms in total. The number of imidazole rings is 1. The number of benzene rings is 1. The molecule has 0 saturated carbocycles. The third-order valence-corrected chi connectivity index (χ3v) is 5.17. The molecule has 1 amide bonds. The standard InChI is InChI=1S/C21H20N4OS/c1-3-15-4-6-16(7-5-15)18-13-27-21(23-18)24-20(26)11-17-12-25-9-8-14(2)10-19(25)22-17/h4-10,12-13H,3,11H2,1-2H3,(H,23,24,26). The van der Waals surface area contributed by atoms with Crippen molar-refractivity contribution in [2.24, 2.45) is 0 Å². The van der Waals surface area contributed by atoms with Gasteiger partial charge in [0.2, 0.25) is 5.91 Å². The molecule has 0 fully saturated rings. The van der Waals surface area contributed by atoms with Gasteiger partial charge in [0.15, 0.2) is 5.13 Å². The van der Waals surface area contributed by atoms with Crippen molar-refractivity contribution in [1.82, 2.24) is 14.4 Å². The van der Waals surface area contributed by atoms with Gasteiger partial charge in [-0.2, -0.15) is 0 Å². The molecule has 0 spiro atoms. The van der Waals surface area contributed by atoms with Gasteiger partial charge in [-0.15, -0.1) is 11.3 Å². The molecule has 0 aliphatic rings. The van der Waals surface area contributed by atoms with Crippen LogP contribution in [0, 0.1) is 6.92 Å². The summed E-state index contributed by atoms with van der Waals surface area (Å²) < 4.78 is 1.93. The highest BCUT2D eigenvalue weighted by Crippen LogP contribution is 2.25. The average molecular weight is 376 g/mol. The largest absolute Gasteiger partial charge is 0.307 e. The van der Waals surface area contributed by atoms with Crippen LogP contribution in [0.3, 0.4) is 0 Å². The maximum absolute atomic E-state index is 12.4. The van der Waals surface area contributed by atoms with Crippen LogP contribution in [0.15, 0.2) is 54.2 Å². The highest BCUT2D eigenvalue weighted by atomic mass is 32.1. The maximum atomic E-state index is 12.4. The van der Waals surface area contributed by atoms with Crippen molar-refractivity contribution < 1.29 is 4.79 Å². The van der Waals surface area contributed by atoms with Crippen molar-refractivity contribution in [3.8, 4) is 11.3 Å². The predicted octanol–water partition coefficient (Wildman–Crippen LogP) is 4.51. The highest BCUT2D eigenvalue weighted by molar-refractivity contribution is 7.14. The van der Waals surface area contributed by atoms with E-state index in [1.54, 1.807) is 0 Å². The molecule has 0 atom stereocenters. The quantitative estimate of drug-likeness (QED) is 0.557. The lowest BCUT2D eigenvalue weighted by Gasteiger charge is -2.00. The van der Waals surface area contributed by atoms with E-state index in [1.165, 1.54) is 16.9 Å². The lowest BCUT2D eigenvalue weighted by molar-refractivity contribution is -0.115. The van der Waals surface area contributed by atoms with Crippen molar-refractivity contribution in [3.05, 3.63) is 71.0 Å². The summed E-state index contributed by atoms with van der Waals surface area (Å²) in [5.74, 6) is -0.114. The highest BCUT2D eigenvalue weighted by Gasteiger charge is 2.11. The molecule has 0 radical (unpaired) electrons. The number of anilines is 1. The number of aryl methyl sites for hydroxylation is 2. The molecule has 3 heterocycles. The van der Waals surface area contributed by atoms with Gasteiger partial charge in [0.05, 0.1) is 17.8 Å². The van der Waals surface area contributed by atoms with Gasteiger partial charge in [-0.3, -0.25) is 4.79 Å². The van der Waals surface area contributed by atoms with Crippen LogP contribution in [0.25, 0.3) is 16.9 Å².